The summed E-state index contributed by atoms with van der Waals surface area (Å²) < 4.78 is 6.22. The van der Waals surface area contributed by atoms with Crippen molar-refractivity contribution in [3.05, 3.63) is 53.1 Å². The summed E-state index contributed by atoms with van der Waals surface area (Å²) in [5.74, 6) is 1.44. The number of benzene rings is 2. The number of ether oxygens (including phenoxy) is 1. The van der Waals surface area contributed by atoms with E-state index < -0.39 is 0 Å². The maximum Gasteiger partial charge on any atom is 0.168 e. The maximum absolute atomic E-state index is 9.67. The summed E-state index contributed by atoms with van der Waals surface area (Å²) in [6, 6.07) is 14.4. The van der Waals surface area contributed by atoms with Crippen molar-refractivity contribution in [2.45, 2.75) is 53.4 Å². The van der Waals surface area contributed by atoms with Crippen molar-refractivity contribution in [3.8, 4) is 17.6 Å². The monoisotopic (exact) mass is 350 g/mol. The molecule has 0 N–H and O–H groups in total. The lowest BCUT2D eigenvalue weighted by atomic mass is 10.1. The lowest BCUT2D eigenvalue weighted by molar-refractivity contribution is 0.478. The molecule has 2 rings (SSSR count). The fourth-order valence-corrected chi connectivity index (χ4v) is 2.95. The molecule has 0 heterocycles. The number of rotatable bonds is 9. The van der Waals surface area contributed by atoms with E-state index in [1.165, 1.54) is 5.56 Å². The molecule has 138 valence electrons. The van der Waals surface area contributed by atoms with Gasteiger partial charge in [-0.15, -0.1) is 0 Å². The fourth-order valence-electron chi connectivity index (χ4n) is 2.95. The topological polar surface area (TPSA) is 36.3 Å². The molecule has 0 aliphatic carbocycles. The third-order valence-corrected chi connectivity index (χ3v) is 4.48. The van der Waals surface area contributed by atoms with Crippen LogP contribution in [0.1, 0.15) is 56.2 Å². The third-order valence-electron chi connectivity index (χ3n) is 4.48. The summed E-state index contributed by atoms with van der Waals surface area (Å²) in [6.07, 6.45) is 4.55. The van der Waals surface area contributed by atoms with Crippen molar-refractivity contribution in [2.75, 3.05) is 18.0 Å². The van der Waals surface area contributed by atoms with E-state index in [0.717, 1.165) is 55.8 Å². The van der Waals surface area contributed by atoms with Gasteiger partial charge in [-0.2, -0.15) is 5.26 Å². The number of hydrogen-bond donors (Lipinski definition) is 0. The van der Waals surface area contributed by atoms with Gasteiger partial charge < -0.3 is 9.64 Å². The van der Waals surface area contributed by atoms with Crippen LogP contribution >= 0.6 is 0 Å². The summed E-state index contributed by atoms with van der Waals surface area (Å²) in [5.41, 5.74) is 3.91. The molecule has 0 amide bonds. The Morgan fingerprint density at radius 3 is 2.08 bits per heavy atom. The molecular formula is C23H30N2O. The first-order valence-electron chi connectivity index (χ1n) is 9.63. The standard InChI is InChI=1S/C23H30N2O/c1-5-7-13-25(14-8-6-2)22-16-19(4)15-20(17-24)23(22)26-21-11-9-18(3)10-12-21/h9-12,15-16H,5-8,13-14H2,1-4H3. The molecular weight excluding hydrogens is 320 g/mol. The Hall–Kier alpha value is -2.47. The third kappa shape index (κ3) is 5.26. The van der Waals surface area contributed by atoms with Crippen molar-refractivity contribution in [3.63, 3.8) is 0 Å². The van der Waals surface area contributed by atoms with Crippen LogP contribution in [-0.2, 0) is 0 Å². The van der Waals surface area contributed by atoms with Gasteiger partial charge in [0.1, 0.15) is 11.8 Å². The highest BCUT2D eigenvalue weighted by molar-refractivity contribution is 5.67. The second kappa shape index (κ2) is 9.87. The quantitative estimate of drug-likeness (QED) is 0.527. The average Bonchev–Trinajstić information content (AvgIpc) is 2.64. The first-order chi connectivity index (χ1) is 12.6. The van der Waals surface area contributed by atoms with Crippen LogP contribution in [0.3, 0.4) is 0 Å². The first kappa shape index (κ1) is 19.8. The summed E-state index contributed by atoms with van der Waals surface area (Å²) in [7, 11) is 0. The van der Waals surface area contributed by atoms with Crippen LogP contribution in [0.5, 0.6) is 11.5 Å². The first-order valence-corrected chi connectivity index (χ1v) is 9.63. The van der Waals surface area contributed by atoms with Crippen molar-refractivity contribution < 1.29 is 4.74 Å². The van der Waals surface area contributed by atoms with Gasteiger partial charge in [-0.25, -0.2) is 0 Å². The second-order valence-corrected chi connectivity index (χ2v) is 6.88. The molecule has 0 saturated heterocycles. The molecule has 0 atom stereocenters. The lowest BCUT2D eigenvalue weighted by Gasteiger charge is -2.28. The SMILES string of the molecule is CCCCN(CCCC)c1cc(C)cc(C#N)c1Oc1ccc(C)cc1. The van der Waals surface area contributed by atoms with Crippen molar-refractivity contribution in [2.24, 2.45) is 0 Å². The minimum absolute atomic E-state index is 0.596. The zero-order valence-electron chi connectivity index (χ0n) is 16.5. The number of nitriles is 1. The Kier molecular flexibility index (Phi) is 7.53. The van der Waals surface area contributed by atoms with Gasteiger partial charge in [0.15, 0.2) is 5.75 Å². The highest BCUT2D eigenvalue weighted by Crippen LogP contribution is 2.37. The molecule has 0 bridgehead atoms. The molecule has 0 spiro atoms. The minimum atomic E-state index is 0.596. The normalized spacial score (nSPS) is 10.4. The molecule has 2 aromatic rings. The van der Waals surface area contributed by atoms with Crippen molar-refractivity contribution in [1.29, 1.82) is 5.26 Å². The zero-order chi connectivity index (χ0) is 18.9. The molecule has 0 radical (unpaired) electrons. The Labute approximate surface area is 158 Å². The van der Waals surface area contributed by atoms with Gasteiger partial charge in [-0.3, -0.25) is 0 Å². The second-order valence-electron chi connectivity index (χ2n) is 6.88. The van der Waals surface area contributed by atoms with Crippen molar-refractivity contribution >= 4 is 5.69 Å². The predicted molar refractivity (Wildman–Crippen MR) is 109 cm³/mol. The van der Waals surface area contributed by atoms with Crippen LogP contribution in [0.4, 0.5) is 5.69 Å². The molecule has 3 nitrogen and oxygen atoms in total. The Morgan fingerprint density at radius 2 is 1.54 bits per heavy atom. The number of anilines is 1. The molecule has 0 saturated carbocycles. The molecule has 0 fully saturated rings. The van der Waals surface area contributed by atoms with E-state index in [9.17, 15) is 5.26 Å². The maximum atomic E-state index is 9.67. The molecule has 0 aliphatic heterocycles. The molecule has 0 aromatic heterocycles. The molecule has 0 aliphatic rings. The van der Waals surface area contributed by atoms with E-state index in [0.29, 0.717) is 11.3 Å². The Balaban J connectivity index is 2.45. The van der Waals surface area contributed by atoms with E-state index in [1.54, 1.807) is 0 Å². The molecule has 26 heavy (non-hydrogen) atoms. The van der Waals surface area contributed by atoms with E-state index in [-0.39, 0.29) is 0 Å². The van der Waals surface area contributed by atoms with Gasteiger partial charge in [0.05, 0.1) is 11.3 Å². The summed E-state index contributed by atoms with van der Waals surface area (Å²) in [6.45, 7) is 10.5. The van der Waals surface area contributed by atoms with E-state index in [1.807, 2.05) is 37.3 Å². The Morgan fingerprint density at radius 1 is 0.923 bits per heavy atom. The van der Waals surface area contributed by atoms with Crippen LogP contribution in [0.25, 0.3) is 0 Å². The fraction of sp³-hybridized carbons (Fsp3) is 0.435. The van der Waals surface area contributed by atoms with Crippen molar-refractivity contribution in [1.82, 2.24) is 0 Å². The Bertz CT molecular complexity index is 736. The minimum Gasteiger partial charge on any atom is -0.454 e. The number of aryl methyl sites for hydroxylation is 2. The zero-order valence-corrected chi connectivity index (χ0v) is 16.5. The predicted octanol–water partition coefficient (Wildman–Crippen LogP) is 6.37. The van der Waals surface area contributed by atoms with Crippen LogP contribution in [0.2, 0.25) is 0 Å². The van der Waals surface area contributed by atoms with E-state index in [4.69, 9.17) is 4.74 Å². The van der Waals surface area contributed by atoms with Gasteiger partial charge in [0.2, 0.25) is 0 Å². The highest BCUT2D eigenvalue weighted by atomic mass is 16.5. The molecule has 2 aromatic carbocycles. The van der Waals surface area contributed by atoms with E-state index in [2.05, 4.69) is 37.8 Å². The number of unbranched alkanes of at least 4 members (excludes halogenated alkanes) is 2. The number of nitrogens with zero attached hydrogens (tertiary/aromatic N) is 2. The van der Waals surface area contributed by atoms with Crippen LogP contribution in [0.15, 0.2) is 36.4 Å². The highest BCUT2D eigenvalue weighted by Gasteiger charge is 2.18. The van der Waals surface area contributed by atoms with Gasteiger partial charge in [-0.05, 0) is 56.5 Å². The number of hydrogen-bond acceptors (Lipinski definition) is 3. The van der Waals surface area contributed by atoms with E-state index >= 15 is 0 Å². The summed E-state index contributed by atoms with van der Waals surface area (Å²) in [4.78, 5) is 2.38. The lowest BCUT2D eigenvalue weighted by Crippen LogP contribution is -2.26. The molecule has 3 heteroatoms. The molecule has 0 unspecified atom stereocenters. The smallest absolute Gasteiger partial charge is 0.168 e. The van der Waals surface area contributed by atoms with Crippen LogP contribution < -0.4 is 9.64 Å². The van der Waals surface area contributed by atoms with Gasteiger partial charge in [0, 0.05) is 13.1 Å². The summed E-state index contributed by atoms with van der Waals surface area (Å²) in [5, 5.41) is 9.67. The van der Waals surface area contributed by atoms with Gasteiger partial charge in [0.25, 0.3) is 0 Å². The van der Waals surface area contributed by atoms with Crippen LogP contribution in [-0.4, -0.2) is 13.1 Å². The van der Waals surface area contributed by atoms with Gasteiger partial charge >= 0.3 is 0 Å². The van der Waals surface area contributed by atoms with Crippen LogP contribution in [0, 0.1) is 25.2 Å². The summed E-state index contributed by atoms with van der Waals surface area (Å²) >= 11 is 0. The average molecular weight is 351 g/mol. The van der Waals surface area contributed by atoms with Gasteiger partial charge in [-0.1, -0.05) is 44.4 Å². The largest absolute Gasteiger partial charge is 0.454 e.